The monoisotopic (exact) mass is 273 g/mol. The molecule has 5 heteroatoms. The highest BCUT2D eigenvalue weighted by atomic mass is 35.5. The maximum Gasteiger partial charge on any atom is 0.138 e. The fourth-order valence-electron chi connectivity index (χ4n) is 1.76. The second-order valence-electron chi connectivity index (χ2n) is 3.99. The van der Waals surface area contributed by atoms with E-state index in [1.807, 2.05) is 30.0 Å². The molecule has 1 fully saturated rings. The number of nitrogens with two attached hydrogens (primary N) is 1. The Bertz CT molecular complexity index is 370. The van der Waals surface area contributed by atoms with Gasteiger partial charge < -0.3 is 9.57 Å². The largest absolute Gasteiger partial charge is 0.488 e. The smallest absolute Gasteiger partial charge is 0.138 e. The number of hydrogen-bond donors (Lipinski definition) is 1. The summed E-state index contributed by atoms with van der Waals surface area (Å²) in [5.74, 6) is 8.00. The normalized spacial score (nSPS) is 19.5. The van der Waals surface area contributed by atoms with Crippen LogP contribution in [0.2, 0.25) is 5.02 Å². The van der Waals surface area contributed by atoms with Gasteiger partial charge in [-0.05, 0) is 36.3 Å². The first-order valence-electron chi connectivity index (χ1n) is 5.64. The molecule has 1 atom stereocenters. The molecule has 1 aromatic rings. The van der Waals surface area contributed by atoms with Gasteiger partial charge >= 0.3 is 0 Å². The standard InChI is InChI=1S/C12H16ClNO2S/c13-11-7-9(3-5-15-14)1-2-12(11)16-10-4-6-17-8-10/h1-2,7,10H,3-6,8,14H2. The average Bonchev–Trinajstić information content (AvgIpc) is 2.82. The molecule has 0 radical (unpaired) electrons. The predicted octanol–water partition coefficient (Wildman–Crippen LogP) is 2.66. The van der Waals surface area contributed by atoms with E-state index in [-0.39, 0.29) is 0 Å². The molecule has 94 valence electrons. The molecule has 1 aromatic carbocycles. The van der Waals surface area contributed by atoms with Crippen LogP contribution in [0.1, 0.15) is 12.0 Å². The molecule has 0 saturated carbocycles. The number of benzene rings is 1. The Balaban J connectivity index is 1.98. The van der Waals surface area contributed by atoms with Gasteiger partial charge in [-0.2, -0.15) is 11.8 Å². The lowest BCUT2D eigenvalue weighted by atomic mass is 10.1. The van der Waals surface area contributed by atoms with E-state index in [1.165, 1.54) is 5.75 Å². The van der Waals surface area contributed by atoms with Crippen molar-refractivity contribution in [3.8, 4) is 5.75 Å². The van der Waals surface area contributed by atoms with E-state index in [2.05, 4.69) is 4.84 Å². The maximum atomic E-state index is 6.18. The molecule has 0 spiro atoms. The van der Waals surface area contributed by atoms with Gasteiger partial charge in [0.15, 0.2) is 0 Å². The second kappa shape index (κ2) is 6.50. The van der Waals surface area contributed by atoms with Crippen molar-refractivity contribution in [2.45, 2.75) is 18.9 Å². The Morgan fingerprint density at radius 3 is 3.00 bits per heavy atom. The quantitative estimate of drug-likeness (QED) is 0.838. The minimum absolute atomic E-state index is 0.302. The Kier molecular flexibility index (Phi) is 4.98. The highest BCUT2D eigenvalue weighted by Crippen LogP contribution is 2.29. The summed E-state index contributed by atoms with van der Waals surface area (Å²) in [6.45, 7) is 0.496. The molecular formula is C12H16ClNO2S. The first-order valence-corrected chi connectivity index (χ1v) is 7.17. The van der Waals surface area contributed by atoms with Crippen molar-refractivity contribution in [3.63, 3.8) is 0 Å². The van der Waals surface area contributed by atoms with E-state index in [4.69, 9.17) is 22.2 Å². The third-order valence-electron chi connectivity index (χ3n) is 2.69. The molecule has 0 bridgehead atoms. The summed E-state index contributed by atoms with van der Waals surface area (Å²) in [6, 6.07) is 5.84. The molecule has 1 saturated heterocycles. The van der Waals surface area contributed by atoms with Crippen molar-refractivity contribution < 1.29 is 9.57 Å². The third kappa shape index (κ3) is 3.78. The molecule has 2 rings (SSSR count). The highest BCUT2D eigenvalue weighted by molar-refractivity contribution is 7.99. The fourth-order valence-corrected chi connectivity index (χ4v) is 3.10. The van der Waals surface area contributed by atoms with Crippen molar-refractivity contribution >= 4 is 23.4 Å². The van der Waals surface area contributed by atoms with E-state index in [0.29, 0.717) is 17.7 Å². The molecular weight excluding hydrogens is 258 g/mol. The molecule has 3 nitrogen and oxygen atoms in total. The van der Waals surface area contributed by atoms with E-state index >= 15 is 0 Å². The van der Waals surface area contributed by atoms with Crippen LogP contribution in [0.25, 0.3) is 0 Å². The van der Waals surface area contributed by atoms with Gasteiger partial charge in [-0.15, -0.1) is 0 Å². The van der Waals surface area contributed by atoms with Crippen LogP contribution in [-0.4, -0.2) is 24.2 Å². The van der Waals surface area contributed by atoms with Gasteiger partial charge in [-0.25, -0.2) is 5.90 Å². The lowest BCUT2D eigenvalue weighted by Crippen LogP contribution is -2.15. The van der Waals surface area contributed by atoms with E-state index in [9.17, 15) is 0 Å². The average molecular weight is 274 g/mol. The molecule has 1 aliphatic heterocycles. The first-order chi connectivity index (χ1) is 8.29. The zero-order valence-electron chi connectivity index (χ0n) is 9.52. The van der Waals surface area contributed by atoms with Crippen LogP contribution in [0.5, 0.6) is 5.75 Å². The molecule has 0 amide bonds. The zero-order valence-corrected chi connectivity index (χ0v) is 11.1. The van der Waals surface area contributed by atoms with Gasteiger partial charge in [0, 0.05) is 5.75 Å². The Hall–Kier alpha value is -0.420. The summed E-state index contributed by atoms with van der Waals surface area (Å²) in [4.78, 5) is 4.55. The third-order valence-corrected chi connectivity index (χ3v) is 4.11. The summed E-state index contributed by atoms with van der Waals surface area (Å²) in [7, 11) is 0. The van der Waals surface area contributed by atoms with Crippen molar-refractivity contribution in [1.82, 2.24) is 0 Å². The fraction of sp³-hybridized carbons (Fsp3) is 0.500. The summed E-state index contributed by atoms with van der Waals surface area (Å²) in [5.41, 5.74) is 1.11. The summed E-state index contributed by atoms with van der Waals surface area (Å²) >= 11 is 8.11. The van der Waals surface area contributed by atoms with Crippen molar-refractivity contribution in [3.05, 3.63) is 28.8 Å². The van der Waals surface area contributed by atoms with Gasteiger partial charge in [0.2, 0.25) is 0 Å². The Morgan fingerprint density at radius 1 is 1.47 bits per heavy atom. The number of hydrogen-bond acceptors (Lipinski definition) is 4. The Labute approximate surface area is 111 Å². The minimum Gasteiger partial charge on any atom is -0.488 e. The zero-order chi connectivity index (χ0) is 12.1. The number of thioether (sulfide) groups is 1. The van der Waals surface area contributed by atoms with Crippen LogP contribution in [0.15, 0.2) is 18.2 Å². The van der Waals surface area contributed by atoms with Crippen LogP contribution in [0.3, 0.4) is 0 Å². The second-order valence-corrected chi connectivity index (χ2v) is 5.55. The van der Waals surface area contributed by atoms with E-state index in [0.717, 1.165) is 29.9 Å². The van der Waals surface area contributed by atoms with Gasteiger partial charge in [0.25, 0.3) is 0 Å². The molecule has 17 heavy (non-hydrogen) atoms. The lowest BCUT2D eigenvalue weighted by Gasteiger charge is -2.14. The molecule has 1 unspecified atom stereocenters. The first kappa shape index (κ1) is 13.0. The van der Waals surface area contributed by atoms with Crippen molar-refractivity contribution in [1.29, 1.82) is 0 Å². The lowest BCUT2D eigenvalue weighted by molar-refractivity contribution is 0.141. The van der Waals surface area contributed by atoms with E-state index in [1.54, 1.807) is 0 Å². The van der Waals surface area contributed by atoms with Crippen molar-refractivity contribution in [2.75, 3.05) is 18.1 Å². The van der Waals surface area contributed by atoms with Crippen LogP contribution in [0.4, 0.5) is 0 Å². The number of halogens is 1. The van der Waals surface area contributed by atoms with E-state index < -0.39 is 0 Å². The molecule has 1 heterocycles. The molecule has 1 aliphatic rings. The molecule has 0 aliphatic carbocycles. The number of ether oxygens (including phenoxy) is 1. The van der Waals surface area contributed by atoms with Crippen LogP contribution < -0.4 is 10.6 Å². The van der Waals surface area contributed by atoms with Crippen LogP contribution in [-0.2, 0) is 11.3 Å². The van der Waals surface area contributed by atoms with Gasteiger partial charge in [0.05, 0.1) is 11.6 Å². The summed E-state index contributed by atoms with van der Waals surface area (Å²) < 4.78 is 5.86. The van der Waals surface area contributed by atoms with Gasteiger partial charge in [-0.3, -0.25) is 0 Å². The minimum atomic E-state index is 0.302. The Morgan fingerprint density at radius 2 is 2.35 bits per heavy atom. The topological polar surface area (TPSA) is 44.5 Å². The number of rotatable bonds is 5. The van der Waals surface area contributed by atoms with Gasteiger partial charge in [0.1, 0.15) is 11.9 Å². The molecule has 0 aromatic heterocycles. The predicted molar refractivity (Wildman–Crippen MR) is 71.7 cm³/mol. The van der Waals surface area contributed by atoms with Crippen molar-refractivity contribution in [2.24, 2.45) is 5.90 Å². The summed E-state index contributed by atoms with van der Waals surface area (Å²) in [6.07, 6.45) is 2.16. The summed E-state index contributed by atoms with van der Waals surface area (Å²) in [5, 5.41) is 0.663. The maximum absolute atomic E-state index is 6.18. The van der Waals surface area contributed by atoms with Crippen LogP contribution >= 0.6 is 23.4 Å². The van der Waals surface area contributed by atoms with Crippen LogP contribution in [0, 0.1) is 0 Å². The highest BCUT2D eigenvalue weighted by Gasteiger charge is 2.18. The molecule has 2 N–H and O–H groups in total. The van der Waals surface area contributed by atoms with Gasteiger partial charge in [-0.1, -0.05) is 17.7 Å². The SMILES string of the molecule is NOCCc1ccc(OC2CCSC2)c(Cl)c1.